The highest BCUT2D eigenvalue weighted by molar-refractivity contribution is 9.10. The van der Waals surface area contributed by atoms with Gasteiger partial charge in [-0.3, -0.25) is 4.79 Å². The van der Waals surface area contributed by atoms with E-state index in [4.69, 9.17) is 0 Å². The fraction of sp³-hybridized carbons (Fsp3) is 0.400. The van der Waals surface area contributed by atoms with E-state index < -0.39 is 0 Å². The van der Waals surface area contributed by atoms with Crippen molar-refractivity contribution in [2.45, 2.75) is 12.5 Å². The minimum atomic E-state index is -0.0255. The second kappa shape index (κ2) is 4.99. The largest absolute Gasteiger partial charge is 0.348 e. The van der Waals surface area contributed by atoms with Crippen molar-refractivity contribution in [2.24, 2.45) is 0 Å². The Labute approximate surface area is 101 Å². The molecule has 3 nitrogen and oxygen atoms in total. The predicted octanol–water partition coefficient (Wildman–Crippen LogP) is 2.08. The van der Waals surface area contributed by atoms with E-state index in [1.165, 1.54) is 0 Å². The van der Waals surface area contributed by atoms with E-state index in [1.54, 1.807) is 18.3 Å². The number of rotatable bonds is 2. The highest BCUT2D eigenvalue weighted by Crippen LogP contribution is 2.17. The van der Waals surface area contributed by atoms with Crippen molar-refractivity contribution in [1.82, 2.24) is 10.3 Å². The molecule has 15 heavy (non-hydrogen) atoms. The number of aromatic nitrogens is 1. The Hall–Kier alpha value is -0.550. The van der Waals surface area contributed by atoms with Crippen LogP contribution < -0.4 is 5.32 Å². The van der Waals surface area contributed by atoms with Gasteiger partial charge in [-0.15, -0.1) is 0 Å². The molecule has 2 rings (SSSR count). The number of nitrogens with one attached hydrogen (secondary N) is 1. The molecule has 1 aromatic heterocycles. The lowest BCUT2D eigenvalue weighted by Crippen LogP contribution is -2.34. The Balaban J connectivity index is 1.98. The second-order valence-electron chi connectivity index (χ2n) is 3.40. The van der Waals surface area contributed by atoms with Crippen molar-refractivity contribution in [3.8, 4) is 0 Å². The van der Waals surface area contributed by atoms with E-state index in [9.17, 15) is 4.79 Å². The number of amides is 1. The smallest absolute Gasteiger partial charge is 0.253 e. The maximum absolute atomic E-state index is 11.7. The molecular formula is C10H11BrN2OS. The first kappa shape index (κ1) is 11.0. The van der Waals surface area contributed by atoms with Crippen LogP contribution in [0.3, 0.4) is 0 Å². The van der Waals surface area contributed by atoms with Crippen LogP contribution in [0, 0.1) is 0 Å². The molecule has 0 aromatic carbocycles. The molecule has 0 saturated carbocycles. The molecule has 1 unspecified atom stereocenters. The number of carbonyl (C=O) groups excluding carboxylic acids is 1. The standard InChI is InChI=1S/C10H11BrN2OS/c11-9-2-1-7(5-12-9)10(14)13-8-3-4-15-6-8/h1-2,5,8H,3-4,6H2,(H,13,14). The first-order valence-electron chi connectivity index (χ1n) is 4.76. The SMILES string of the molecule is O=C(NC1CCSC1)c1ccc(Br)nc1. The summed E-state index contributed by atoms with van der Waals surface area (Å²) in [6.45, 7) is 0. The number of nitrogens with zero attached hydrogens (tertiary/aromatic N) is 1. The summed E-state index contributed by atoms with van der Waals surface area (Å²) in [7, 11) is 0. The summed E-state index contributed by atoms with van der Waals surface area (Å²) >= 11 is 5.12. The van der Waals surface area contributed by atoms with Gasteiger partial charge in [0.15, 0.2) is 0 Å². The van der Waals surface area contributed by atoms with Crippen LogP contribution in [0.2, 0.25) is 0 Å². The van der Waals surface area contributed by atoms with Gasteiger partial charge < -0.3 is 5.32 Å². The minimum absolute atomic E-state index is 0.0255. The summed E-state index contributed by atoms with van der Waals surface area (Å²) in [5.41, 5.74) is 0.620. The lowest BCUT2D eigenvalue weighted by Gasteiger charge is -2.10. The maximum Gasteiger partial charge on any atom is 0.253 e. The Morgan fingerprint density at radius 2 is 2.47 bits per heavy atom. The Morgan fingerprint density at radius 1 is 1.60 bits per heavy atom. The van der Waals surface area contributed by atoms with Gasteiger partial charge in [-0.2, -0.15) is 11.8 Å². The van der Waals surface area contributed by atoms with Gasteiger partial charge in [0.25, 0.3) is 5.91 Å². The lowest BCUT2D eigenvalue weighted by atomic mass is 10.2. The first-order valence-corrected chi connectivity index (χ1v) is 6.70. The zero-order chi connectivity index (χ0) is 10.7. The van der Waals surface area contributed by atoms with Crippen LogP contribution in [0.15, 0.2) is 22.9 Å². The molecule has 1 N–H and O–H groups in total. The van der Waals surface area contributed by atoms with Gasteiger partial charge in [-0.05, 0) is 40.2 Å². The fourth-order valence-electron chi connectivity index (χ4n) is 1.43. The zero-order valence-electron chi connectivity index (χ0n) is 8.07. The van der Waals surface area contributed by atoms with Crippen LogP contribution >= 0.6 is 27.7 Å². The molecule has 1 amide bonds. The van der Waals surface area contributed by atoms with Crippen molar-refractivity contribution < 1.29 is 4.79 Å². The predicted molar refractivity (Wildman–Crippen MR) is 65.1 cm³/mol. The summed E-state index contributed by atoms with van der Waals surface area (Å²) in [5, 5.41) is 3.00. The normalized spacial score (nSPS) is 20.2. The van der Waals surface area contributed by atoms with Gasteiger partial charge in [-0.1, -0.05) is 0 Å². The molecule has 2 heterocycles. The van der Waals surface area contributed by atoms with Gasteiger partial charge in [0, 0.05) is 18.0 Å². The monoisotopic (exact) mass is 286 g/mol. The van der Waals surface area contributed by atoms with E-state index in [-0.39, 0.29) is 5.91 Å². The summed E-state index contributed by atoms with van der Waals surface area (Å²) < 4.78 is 0.746. The highest BCUT2D eigenvalue weighted by atomic mass is 79.9. The number of carbonyl (C=O) groups is 1. The molecular weight excluding hydrogens is 276 g/mol. The van der Waals surface area contributed by atoms with Gasteiger partial charge in [0.1, 0.15) is 4.60 Å². The molecule has 0 aliphatic carbocycles. The van der Waals surface area contributed by atoms with E-state index in [0.29, 0.717) is 11.6 Å². The number of hydrogen-bond acceptors (Lipinski definition) is 3. The summed E-state index contributed by atoms with van der Waals surface area (Å²) in [5.74, 6) is 2.14. The van der Waals surface area contributed by atoms with Gasteiger partial charge in [0.05, 0.1) is 5.56 Å². The van der Waals surface area contributed by atoms with Crippen LogP contribution in [-0.4, -0.2) is 28.4 Å². The number of thioether (sulfide) groups is 1. The molecule has 1 aliphatic rings. The molecule has 1 aliphatic heterocycles. The Bertz CT molecular complexity index is 349. The second-order valence-corrected chi connectivity index (χ2v) is 5.37. The molecule has 1 atom stereocenters. The van der Waals surface area contributed by atoms with Crippen LogP contribution in [-0.2, 0) is 0 Å². The van der Waals surface area contributed by atoms with Gasteiger partial charge in [-0.25, -0.2) is 4.98 Å². The third-order valence-electron chi connectivity index (χ3n) is 2.25. The van der Waals surface area contributed by atoms with Crippen LogP contribution in [0.25, 0.3) is 0 Å². The molecule has 0 radical (unpaired) electrons. The third-order valence-corrected chi connectivity index (χ3v) is 3.89. The molecule has 0 spiro atoms. The van der Waals surface area contributed by atoms with Crippen molar-refractivity contribution in [3.63, 3.8) is 0 Å². The van der Waals surface area contributed by atoms with E-state index in [2.05, 4.69) is 26.2 Å². The van der Waals surface area contributed by atoms with E-state index >= 15 is 0 Å². The fourth-order valence-corrected chi connectivity index (χ4v) is 2.81. The van der Waals surface area contributed by atoms with Gasteiger partial charge in [0.2, 0.25) is 0 Å². The van der Waals surface area contributed by atoms with Crippen molar-refractivity contribution in [1.29, 1.82) is 0 Å². The van der Waals surface area contributed by atoms with Crippen LogP contribution in [0.5, 0.6) is 0 Å². The highest BCUT2D eigenvalue weighted by Gasteiger charge is 2.18. The molecule has 1 fully saturated rings. The number of halogens is 1. The quantitative estimate of drug-likeness (QED) is 0.847. The Kier molecular flexibility index (Phi) is 3.64. The maximum atomic E-state index is 11.7. The number of hydrogen-bond donors (Lipinski definition) is 1. The van der Waals surface area contributed by atoms with Crippen molar-refractivity contribution in [3.05, 3.63) is 28.5 Å². The summed E-state index contributed by atoms with van der Waals surface area (Å²) in [4.78, 5) is 15.8. The molecule has 1 saturated heterocycles. The summed E-state index contributed by atoms with van der Waals surface area (Å²) in [6.07, 6.45) is 2.65. The van der Waals surface area contributed by atoms with E-state index in [0.717, 1.165) is 22.5 Å². The lowest BCUT2D eigenvalue weighted by molar-refractivity contribution is 0.0941. The Morgan fingerprint density at radius 3 is 3.07 bits per heavy atom. The molecule has 5 heteroatoms. The zero-order valence-corrected chi connectivity index (χ0v) is 10.5. The van der Waals surface area contributed by atoms with Gasteiger partial charge >= 0.3 is 0 Å². The summed E-state index contributed by atoms with van der Waals surface area (Å²) in [6, 6.07) is 3.87. The van der Waals surface area contributed by atoms with Crippen molar-refractivity contribution >= 4 is 33.6 Å². The minimum Gasteiger partial charge on any atom is -0.348 e. The van der Waals surface area contributed by atoms with Crippen molar-refractivity contribution in [2.75, 3.05) is 11.5 Å². The van der Waals surface area contributed by atoms with Crippen LogP contribution in [0.1, 0.15) is 16.8 Å². The molecule has 80 valence electrons. The topological polar surface area (TPSA) is 42.0 Å². The number of pyridine rings is 1. The average Bonchev–Trinajstić information content (AvgIpc) is 2.71. The molecule has 0 bridgehead atoms. The average molecular weight is 287 g/mol. The third kappa shape index (κ3) is 2.95. The van der Waals surface area contributed by atoms with Crippen LogP contribution in [0.4, 0.5) is 0 Å². The first-order chi connectivity index (χ1) is 7.25. The van der Waals surface area contributed by atoms with E-state index in [1.807, 2.05) is 11.8 Å². The molecule has 1 aromatic rings.